The minimum Gasteiger partial charge on any atom is -0.317 e. The lowest BCUT2D eigenvalue weighted by Crippen LogP contribution is -2.43. The Labute approximate surface area is 188 Å². The second-order valence-electron chi connectivity index (χ2n) is 9.55. The molecule has 0 radical (unpaired) electrons. The van der Waals surface area contributed by atoms with Crippen molar-refractivity contribution in [3.8, 4) is 0 Å². The molecule has 5 heterocycles. The van der Waals surface area contributed by atoms with E-state index in [2.05, 4.69) is 57.2 Å². The highest BCUT2D eigenvalue weighted by Gasteiger charge is 2.40. The van der Waals surface area contributed by atoms with Crippen LogP contribution < -0.4 is 10.9 Å². The zero-order valence-electron chi connectivity index (χ0n) is 18.8. The van der Waals surface area contributed by atoms with Gasteiger partial charge in [-0.15, -0.1) is 0 Å². The van der Waals surface area contributed by atoms with Crippen LogP contribution in [0, 0.1) is 0 Å². The smallest absolute Gasteiger partial charge is 0.258 e. The first-order valence-corrected chi connectivity index (χ1v) is 11.8. The molecule has 6 rings (SSSR count). The molecular formula is C26H30N5O+. The van der Waals surface area contributed by atoms with Gasteiger partial charge in [0.25, 0.3) is 5.56 Å². The van der Waals surface area contributed by atoms with Crippen molar-refractivity contribution in [2.45, 2.75) is 44.3 Å². The maximum Gasteiger partial charge on any atom is 0.258 e. The standard InChI is InChI=1S/C26H30N5O/c1-17-14-30(23-13-25(32)29(2)26-22(23)4-3-9-28-26)16-24-21-6-5-19(12-20(21)15-31(17)24)18-7-10-27-11-8-18/h3-6,9,12-13,16-18,24,27H,7-8,10-11,14-15H2,1-2H3/q+1/t17-,24-/m1/s1. The Morgan fingerprint density at radius 2 is 2.00 bits per heavy atom. The van der Waals surface area contributed by atoms with Gasteiger partial charge in [-0.2, -0.15) is 4.58 Å². The summed E-state index contributed by atoms with van der Waals surface area (Å²) in [7, 11) is 1.79. The number of pyridine rings is 2. The molecule has 2 aromatic heterocycles. The zero-order valence-corrected chi connectivity index (χ0v) is 18.8. The van der Waals surface area contributed by atoms with Gasteiger partial charge in [0.2, 0.25) is 5.69 Å². The number of hydrogen-bond donors (Lipinski definition) is 1. The minimum absolute atomic E-state index is 0.0203. The van der Waals surface area contributed by atoms with Crippen LogP contribution in [0.5, 0.6) is 0 Å². The van der Waals surface area contributed by atoms with Gasteiger partial charge in [-0.05, 0) is 67.6 Å². The molecule has 2 atom stereocenters. The average Bonchev–Trinajstić information content (AvgIpc) is 3.20. The van der Waals surface area contributed by atoms with Crippen molar-refractivity contribution in [2.75, 3.05) is 19.6 Å². The summed E-state index contributed by atoms with van der Waals surface area (Å²) in [5.41, 5.74) is 6.04. The van der Waals surface area contributed by atoms with Crippen molar-refractivity contribution in [3.05, 3.63) is 69.6 Å². The molecule has 0 spiro atoms. The fourth-order valence-corrected chi connectivity index (χ4v) is 5.83. The van der Waals surface area contributed by atoms with Gasteiger partial charge in [0, 0.05) is 19.8 Å². The third kappa shape index (κ3) is 3.12. The first-order valence-electron chi connectivity index (χ1n) is 11.8. The fourth-order valence-electron chi connectivity index (χ4n) is 5.83. The molecule has 0 bridgehead atoms. The van der Waals surface area contributed by atoms with Gasteiger partial charge in [0.05, 0.1) is 17.5 Å². The van der Waals surface area contributed by atoms with Gasteiger partial charge in [-0.25, -0.2) is 4.98 Å². The molecule has 1 N–H and O–H groups in total. The topological polar surface area (TPSA) is 53.2 Å². The number of hydrogen-bond acceptors (Lipinski definition) is 4. The van der Waals surface area contributed by atoms with Gasteiger partial charge in [0.1, 0.15) is 11.7 Å². The average molecular weight is 429 g/mol. The highest BCUT2D eigenvalue weighted by Crippen LogP contribution is 2.39. The van der Waals surface area contributed by atoms with E-state index in [1.807, 2.05) is 6.07 Å². The van der Waals surface area contributed by atoms with Gasteiger partial charge in [-0.1, -0.05) is 18.2 Å². The molecule has 0 saturated carbocycles. The van der Waals surface area contributed by atoms with Crippen LogP contribution in [-0.2, 0) is 13.6 Å². The third-order valence-electron chi connectivity index (χ3n) is 7.64. The van der Waals surface area contributed by atoms with Crippen molar-refractivity contribution in [3.63, 3.8) is 0 Å². The molecule has 1 aromatic carbocycles. The van der Waals surface area contributed by atoms with Crippen LogP contribution in [0.4, 0.5) is 5.69 Å². The first-order chi connectivity index (χ1) is 15.6. The van der Waals surface area contributed by atoms with Crippen molar-refractivity contribution in [1.82, 2.24) is 19.8 Å². The number of nitrogens with one attached hydrogen (secondary N) is 1. The van der Waals surface area contributed by atoms with E-state index in [-0.39, 0.29) is 11.6 Å². The van der Waals surface area contributed by atoms with E-state index < -0.39 is 0 Å². The molecule has 3 aromatic rings. The highest BCUT2D eigenvalue weighted by molar-refractivity contribution is 5.86. The Balaban J connectivity index is 1.42. The predicted octanol–water partition coefficient (Wildman–Crippen LogP) is 3.07. The van der Waals surface area contributed by atoms with E-state index in [1.165, 1.54) is 29.5 Å². The van der Waals surface area contributed by atoms with Crippen LogP contribution >= 0.6 is 0 Å². The first kappa shape index (κ1) is 19.8. The molecule has 0 aliphatic carbocycles. The van der Waals surface area contributed by atoms with E-state index in [0.29, 0.717) is 12.0 Å². The van der Waals surface area contributed by atoms with Crippen LogP contribution in [0.15, 0.2) is 47.4 Å². The second kappa shape index (κ2) is 7.64. The largest absolute Gasteiger partial charge is 0.317 e. The molecule has 0 amide bonds. The highest BCUT2D eigenvalue weighted by atomic mass is 16.1. The summed E-state index contributed by atoms with van der Waals surface area (Å²) in [6, 6.07) is 13.6. The molecule has 32 heavy (non-hydrogen) atoms. The van der Waals surface area contributed by atoms with E-state index in [4.69, 9.17) is 0 Å². The third-order valence-corrected chi connectivity index (χ3v) is 7.64. The number of aryl methyl sites for hydroxylation is 1. The lowest BCUT2D eigenvalue weighted by Gasteiger charge is -2.30. The summed E-state index contributed by atoms with van der Waals surface area (Å²) in [4.78, 5) is 19.7. The quantitative estimate of drug-likeness (QED) is 0.638. The Kier molecular flexibility index (Phi) is 4.73. The second-order valence-corrected chi connectivity index (χ2v) is 9.55. The number of piperidine rings is 1. The lowest BCUT2D eigenvalue weighted by molar-refractivity contribution is -0.452. The van der Waals surface area contributed by atoms with E-state index >= 15 is 0 Å². The van der Waals surface area contributed by atoms with Crippen LogP contribution in [0.25, 0.3) is 11.0 Å². The maximum atomic E-state index is 12.7. The van der Waals surface area contributed by atoms with Gasteiger partial charge < -0.3 is 5.32 Å². The molecule has 3 aliphatic heterocycles. The molecular weight excluding hydrogens is 398 g/mol. The Morgan fingerprint density at radius 1 is 1.16 bits per heavy atom. The van der Waals surface area contributed by atoms with Crippen LogP contribution in [0.2, 0.25) is 0 Å². The SMILES string of the molecule is C[C@@H]1C[N+](c2cc(=O)n(C)c3ncccc23)=C[C@@H]2c3ccc(C4CCNCC4)cc3CN12. The summed E-state index contributed by atoms with van der Waals surface area (Å²) in [6.45, 7) is 6.41. The Morgan fingerprint density at radius 3 is 2.84 bits per heavy atom. The van der Waals surface area contributed by atoms with Gasteiger partial charge in [0.15, 0.2) is 12.8 Å². The van der Waals surface area contributed by atoms with E-state index in [0.717, 1.165) is 42.9 Å². The summed E-state index contributed by atoms with van der Waals surface area (Å²) in [5.74, 6) is 0.677. The number of rotatable bonds is 2. The van der Waals surface area contributed by atoms with Crippen molar-refractivity contribution in [2.24, 2.45) is 7.05 Å². The molecule has 6 heteroatoms. The maximum absolute atomic E-state index is 12.7. The Bertz CT molecular complexity index is 1290. The van der Waals surface area contributed by atoms with Crippen molar-refractivity contribution in [1.29, 1.82) is 0 Å². The normalized spacial score (nSPS) is 23.8. The Hall–Kier alpha value is -2.83. The van der Waals surface area contributed by atoms with Crippen LogP contribution in [0.1, 0.15) is 48.4 Å². The zero-order chi connectivity index (χ0) is 21.8. The summed E-state index contributed by atoms with van der Waals surface area (Å²) in [6.07, 6.45) is 6.53. The lowest BCUT2D eigenvalue weighted by atomic mass is 9.88. The number of benzene rings is 1. The number of aromatic nitrogens is 2. The number of nitrogens with zero attached hydrogens (tertiary/aromatic N) is 4. The van der Waals surface area contributed by atoms with Crippen molar-refractivity contribution < 1.29 is 4.58 Å². The van der Waals surface area contributed by atoms with Crippen LogP contribution in [0.3, 0.4) is 0 Å². The molecule has 164 valence electrons. The van der Waals surface area contributed by atoms with Gasteiger partial charge in [-0.3, -0.25) is 14.3 Å². The van der Waals surface area contributed by atoms with E-state index in [1.54, 1.807) is 23.9 Å². The molecule has 6 nitrogen and oxygen atoms in total. The molecule has 0 unspecified atom stereocenters. The van der Waals surface area contributed by atoms with E-state index in [9.17, 15) is 4.79 Å². The summed E-state index contributed by atoms with van der Waals surface area (Å²) >= 11 is 0. The molecule has 3 aliphatic rings. The van der Waals surface area contributed by atoms with Crippen molar-refractivity contribution >= 4 is 22.9 Å². The summed E-state index contributed by atoms with van der Waals surface area (Å²) in [5, 5.41) is 4.50. The number of fused-ring (bicyclic) bond motifs is 4. The monoisotopic (exact) mass is 428 g/mol. The minimum atomic E-state index is -0.0203. The van der Waals surface area contributed by atoms with Crippen LogP contribution in [-0.4, -0.2) is 50.9 Å². The molecule has 1 saturated heterocycles. The predicted molar refractivity (Wildman–Crippen MR) is 127 cm³/mol. The summed E-state index contributed by atoms with van der Waals surface area (Å²) < 4.78 is 3.92. The van der Waals surface area contributed by atoms with Gasteiger partial charge >= 0.3 is 0 Å². The fraction of sp³-hybridized carbons (Fsp3) is 0.423. The molecule has 1 fully saturated rings.